The molecule has 0 amide bonds. The Morgan fingerprint density at radius 3 is 2.83 bits per heavy atom. The van der Waals surface area contributed by atoms with Crippen molar-refractivity contribution in [2.45, 2.75) is 32.9 Å². The van der Waals surface area contributed by atoms with Crippen molar-refractivity contribution in [3.05, 3.63) is 15.6 Å². The van der Waals surface area contributed by atoms with Crippen LogP contribution in [0.4, 0.5) is 0 Å². The van der Waals surface area contributed by atoms with Crippen LogP contribution in [0.1, 0.15) is 28.9 Å². The van der Waals surface area contributed by atoms with Crippen LogP contribution in [0.15, 0.2) is 0 Å². The predicted octanol–water partition coefficient (Wildman–Crippen LogP) is 1.05. The van der Waals surface area contributed by atoms with Crippen LogP contribution in [0, 0.1) is 0 Å². The van der Waals surface area contributed by atoms with Gasteiger partial charge in [-0.15, -0.1) is 11.3 Å². The molecule has 0 spiro atoms. The number of aliphatic hydroxyl groups excluding tert-OH is 1. The molecule has 0 unspecified atom stereocenters. The van der Waals surface area contributed by atoms with Crippen LogP contribution in [0.3, 0.4) is 0 Å². The molecular weight excluding hydrogens is 172 g/mol. The van der Waals surface area contributed by atoms with E-state index in [1.807, 2.05) is 0 Å². The number of hydrogen-bond acceptors (Lipinski definition) is 4. The van der Waals surface area contributed by atoms with E-state index in [2.05, 4.69) is 11.9 Å². The summed E-state index contributed by atoms with van der Waals surface area (Å²) in [4.78, 5) is 5.39. The molecular formula is C8H14N2OS. The largest absolute Gasteiger partial charge is 0.389 e. The van der Waals surface area contributed by atoms with Gasteiger partial charge in [-0.1, -0.05) is 13.3 Å². The average Bonchev–Trinajstić information content (AvgIpc) is 2.48. The van der Waals surface area contributed by atoms with Gasteiger partial charge in [-0.3, -0.25) is 0 Å². The molecule has 0 saturated heterocycles. The van der Waals surface area contributed by atoms with Gasteiger partial charge in [0.1, 0.15) is 5.01 Å². The van der Waals surface area contributed by atoms with Crippen molar-refractivity contribution in [1.29, 1.82) is 0 Å². The number of aryl methyl sites for hydroxylation is 1. The number of rotatable bonds is 4. The van der Waals surface area contributed by atoms with Crippen molar-refractivity contribution in [3.63, 3.8) is 0 Å². The van der Waals surface area contributed by atoms with Crippen LogP contribution >= 0.6 is 11.3 Å². The van der Waals surface area contributed by atoms with Crippen LogP contribution in [-0.4, -0.2) is 10.1 Å². The third-order valence-corrected chi connectivity index (χ3v) is 2.73. The van der Waals surface area contributed by atoms with Gasteiger partial charge < -0.3 is 10.8 Å². The second-order valence-electron chi connectivity index (χ2n) is 2.59. The molecule has 4 heteroatoms. The number of nitrogens with zero attached hydrogens (tertiary/aromatic N) is 1. The number of nitrogens with two attached hydrogens (primary N) is 1. The van der Waals surface area contributed by atoms with E-state index in [1.165, 1.54) is 11.3 Å². The molecule has 0 aliphatic carbocycles. The summed E-state index contributed by atoms with van der Waals surface area (Å²) < 4.78 is 0. The van der Waals surface area contributed by atoms with E-state index in [4.69, 9.17) is 10.8 Å². The standard InChI is InChI=1S/C8H14N2OS/c1-2-3-6-7(4-9)12-8(5-11)10-6/h11H,2-5,9H2,1H3. The summed E-state index contributed by atoms with van der Waals surface area (Å²) in [5.74, 6) is 0. The van der Waals surface area contributed by atoms with E-state index in [9.17, 15) is 0 Å². The molecule has 0 aliphatic heterocycles. The van der Waals surface area contributed by atoms with Gasteiger partial charge in [0.15, 0.2) is 0 Å². The van der Waals surface area contributed by atoms with E-state index in [0.717, 1.165) is 28.4 Å². The maximum Gasteiger partial charge on any atom is 0.119 e. The lowest BCUT2D eigenvalue weighted by atomic mass is 10.2. The van der Waals surface area contributed by atoms with E-state index < -0.39 is 0 Å². The van der Waals surface area contributed by atoms with Crippen molar-refractivity contribution in [1.82, 2.24) is 4.98 Å². The summed E-state index contributed by atoms with van der Waals surface area (Å²) in [6.45, 7) is 2.67. The number of hydrogen-bond donors (Lipinski definition) is 2. The first kappa shape index (κ1) is 9.64. The average molecular weight is 186 g/mol. The van der Waals surface area contributed by atoms with E-state index >= 15 is 0 Å². The molecule has 1 aromatic heterocycles. The van der Waals surface area contributed by atoms with Gasteiger partial charge in [-0.05, 0) is 6.42 Å². The molecule has 1 heterocycles. The summed E-state index contributed by atoms with van der Waals surface area (Å²) in [5.41, 5.74) is 6.60. The minimum absolute atomic E-state index is 0.0291. The topological polar surface area (TPSA) is 59.1 Å². The van der Waals surface area contributed by atoms with Crippen LogP contribution in [0.25, 0.3) is 0 Å². The van der Waals surface area contributed by atoms with Gasteiger partial charge in [0, 0.05) is 11.4 Å². The number of thiazole rings is 1. The minimum Gasteiger partial charge on any atom is -0.389 e. The maximum atomic E-state index is 8.85. The van der Waals surface area contributed by atoms with E-state index in [1.54, 1.807) is 0 Å². The third kappa shape index (κ3) is 2.03. The maximum absolute atomic E-state index is 8.85. The molecule has 1 aromatic rings. The Balaban J connectivity index is 2.84. The van der Waals surface area contributed by atoms with Crippen molar-refractivity contribution >= 4 is 11.3 Å². The summed E-state index contributed by atoms with van der Waals surface area (Å²) in [5, 5.41) is 9.62. The molecule has 0 saturated carbocycles. The van der Waals surface area contributed by atoms with Gasteiger partial charge in [0.2, 0.25) is 0 Å². The minimum atomic E-state index is 0.0291. The molecule has 0 aromatic carbocycles. The van der Waals surface area contributed by atoms with Gasteiger partial charge >= 0.3 is 0 Å². The Hall–Kier alpha value is -0.450. The summed E-state index contributed by atoms with van der Waals surface area (Å²) in [6, 6.07) is 0. The first-order valence-electron chi connectivity index (χ1n) is 4.10. The third-order valence-electron chi connectivity index (χ3n) is 1.63. The molecule has 0 radical (unpaired) electrons. The van der Waals surface area contributed by atoms with Crippen LogP contribution in [0.5, 0.6) is 0 Å². The van der Waals surface area contributed by atoms with Gasteiger partial charge in [-0.2, -0.15) is 0 Å². The highest BCUT2D eigenvalue weighted by molar-refractivity contribution is 7.11. The molecule has 68 valence electrons. The Labute approximate surface area is 76.3 Å². The molecule has 0 aliphatic rings. The smallest absolute Gasteiger partial charge is 0.119 e. The molecule has 0 fully saturated rings. The zero-order chi connectivity index (χ0) is 8.97. The van der Waals surface area contributed by atoms with Crippen LogP contribution in [0.2, 0.25) is 0 Å². The Morgan fingerprint density at radius 2 is 2.33 bits per heavy atom. The lowest BCUT2D eigenvalue weighted by Crippen LogP contribution is -1.97. The van der Waals surface area contributed by atoms with E-state index in [-0.39, 0.29) is 6.61 Å². The fraction of sp³-hybridized carbons (Fsp3) is 0.625. The van der Waals surface area contributed by atoms with Crippen molar-refractivity contribution in [2.24, 2.45) is 5.73 Å². The first-order valence-corrected chi connectivity index (χ1v) is 4.91. The quantitative estimate of drug-likeness (QED) is 0.739. The van der Waals surface area contributed by atoms with Crippen molar-refractivity contribution in [3.8, 4) is 0 Å². The normalized spacial score (nSPS) is 10.6. The van der Waals surface area contributed by atoms with Gasteiger partial charge in [0.25, 0.3) is 0 Å². The second kappa shape index (κ2) is 4.54. The van der Waals surface area contributed by atoms with Crippen LogP contribution < -0.4 is 5.73 Å². The van der Waals surface area contributed by atoms with Gasteiger partial charge in [-0.25, -0.2) is 4.98 Å². The highest BCUT2D eigenvalue weighted by Crippen LogP contribution is 2.19. The fourth-order valence-corrected chi connectivity index (χ4v) is 1.95. The zero-order valence-electron chi connectivity index (χ0n) is 7.21. The highest BCUT2D eigenvalue weighted by Gasteiger charge is 2.07. The number of aliphatic hydroxyl groups is 1. The highest BCUT2D eigenvalue weighted by atomic mass is 32.1. The Morgan fingerprint density at radius 1 is 1.58 bits per heavy atom. The zero-order valence-corrected chi connectivity index (χ0v) is 8.02. The lowest BCUT2D eigenvalue weighted by molar-refractivity contribution is 0.281. The molecule has 3 N–H and O–H groups in total. The fourth-order valence-electron chi connectivity index (χ4n) is 1.10. The molecule has 3 nitrogen and oxygen atoms in total. The molecule has 0 bridgehead atoms. The summed E-state index contributed by atoms with van der Waals surface area (Å²) in [6.07, 6.45) is 2.03. The van der Waals surface area contributed by atoms with E-state index in [0.29, 0.717) is 6.54 Å². The molecule has 12 heavy (non-hydrogen) atoms. The molecule has 0 atom stereocenters. The lowest BCUT2D eigenvalue weighted by Gasteiger charge is -1.94. The number of aromatic nitrogens is 1. The second-order valence-corrected chi connectivity index (χ2v) is 3.76. The summed E-state index contributed by atoms with van der Waals surface area (Å²) in [7, 11) is 0. The Kier molecular flexibility index (Phi) is 3.65. The molecule has 1 rings (SSSR count). The van der Waals surface area contributed by atoms with Gasteiger partial charge in [0.05, 0.1) is 12.3 Å². The Bertz CT molecular complexity index is 247. The van der Waals surface area contributed by atoms with Crippen molar-refractivity contribution in [2.75, 3.05) is 0 Å². The summed E-state index contributed by atoms with van der Waals surface area (Å²) >= 11 is 1.51. The first-order chi connectivity index (χ1) is 5.81. The predicted molar refractivity (Wildman–Crippen MR) is 49.9 cm³/mol. The van der Waals surface area contributed by atoms with Crippen molar-refractivity contribution < 1.29 is 5.11 Å². The van der Waals surface area contributed by atoms with Crippen LogP contribution in [-0.2, 0) is 19.6 Å². The monoisotopic (exact) mass is 186 g/mol. The SMILES string of the molecule is CCCc1nc(CO)sc1CN.